The van der Waals surface area contributed by atoms with Crippen LogP contribution in [0.1, 0.15) is 6.92 Å². The SMILES string of the molecule is CON(OC)C1=NC(N)SC(C)=C1. The summed E-state index contributed by atoms with van der Waals surface area (Å²) in [5.41, 5.74) is 5.38. The van der Waals surface area contributed by atoms with E-state index in [9.17, 15) is 0 Å². The highest BCUT2D eigenvalue weighted by molar-refractivity contribution is 8.03. The highest BCUT2D eigenvalue weighted by Crippen LogP contribution is 2.23. The zero-order chi connectivity index (χ0) is 9.84. The smallest absolute Gasteiger partial charge is 0.182 e. The first-order chi connectivity index (χ1) is 6.17. The first-order valence-corrected chi connectivity index (χ1v) is 4.62. The van der Waals surface area contributed by atoms with Crippen LogP contribution < -0.4 is 5.73 Å². The highest BCUT2D eigenvalue weighted by atomic mass is 32.2. The van der Waals surface area contributed by atoms with Crippen LogP contribution in [0.4, 0.5) is 0 Å². The molecule has 1 unspecified atom stereocenters. The molecule has 74 valence electrons. The van der Waals surface area contributed by atoms with Crippen LogP contribution in [-0.2, 0) is 9.68 Å². The second-order valence-corrected chi connectivity index (χ2v) is 3.74. The second kappa shape index (κ2) is 4.61. The summed E-state index contributed by atoms with van der Waals surface area (Å²) in [7, 11) is 3.00. The van der Waals surface area contributed by atoms with Crippen LogP contribution >= 0.6 is 11.8 Å². The van der Waals surface area contributed by atoms with Gasteiger partial charge in [0, 0.05) is 0 Å². The van der Waals surface area contributed by atoms with Gasteiger partial charge in [0.15, 0.2) is 11.3 Å². The van der Waals surface area contributed by atoms with Crippen molar-refractivity contribution in [2.24, 2.45) is 10.7 Å². The summed E-state index contributed by atoms with van der Waals surface area (Å²) in [6.45, 7) is 1.96. The van der Waals surface area contributed by atoms with Gasteiger partial charge in [-0.3, -0.25) is 9.68 Å². The van der Waals surface area contributed by atoms with E-state index in [-0.39, 0.29) is 5.50 Å². The van der Waals surface area contributed by atoms with E-state index in [2.05, 4.69) is 4.99 Å². The van der Waals surface area contributed by atoms with Gasteiger partial charge in [-0.1, -0.05) is 11.8 Å². The molecule has 0 saturated heterocycles. The Labute approximate surface area is 81.5 Å². The van der Waals surface area contributed by atoms with Crippen molar-refractivity contribution in [3.63, 3.8) is 0 Å². The Morgan fingerprint density at radius 3 is 2.62 bits per heavy atom. The Kier molecular flexibility index (Phi) is 3.73. The molecule has 0 aromatic rings. The average Bonchev–Trinajstić information content (AvgIpc) is 2.04. The molecular weight excluding hydrogens is 190 g/mol. The van der Waals surface area contributed by atoms with E-state index in [1.54, 1.807) is 0 Å². The summed E-state index contributed by atoms with van der Waals surface area (Å²) < 4.78 is 0. The third kappa shape index (κ3) is 2.70. The van der Waals surface area contributed by atoms with Crippen molar-refractivity contribution in [3.05, 3.63) is 11.0 Å². The summed E-state index contributed by atoms with van der Waals surface area (Å²) in [4.78, 5) is 15.0. The van der Waals surface area contributed by atoms with Crippen LogP contribution in [0.5, 0.6) is 0 Å². The van der Waals surface area contributed by atoms with Gasteiger partial charge in [0.25, 0.3) is 0 Å². The fraction of sp³-hybridized carbons (Fsp3) is 0.571. The molecule has 0 radical (unpaired) electrons. The Morgan fingerprint density at radius 2 is 2.15 bits per heavy atom. The van der Waals surface area contributed by atoms with Gasteiger partial charge in [-0.25, -0.2) is 4.99 Å². The molecule has 0 fully saturated rings. The number of nitrogens with zero attached hydrogens (tertiary/aromatic N) is 2. The zero-order valence-corrected chi connectivity index (χ0v) is 8.67. The van der Waals surface area contributed by atoms with Crippen LogP contribution in [0.15, 0.2) is 16.0 Å². The lowest BCUT2D eigenvalue weighted by atomic mass is 10.5. The van der Waals surface area contributed by atoms with Gasteiger partial charge < -0.3 is 5.73 Å². The fourth-order valence-electron chi connectivity index (χ4n) is 0.962. The molecule has 6 heteroatoms. The maximum Gasteiger partial charge on any atom is 0.182 e. The van der Waals surface area contributed by atoms with Crippen LogP contribution in [0, 0.1) is 0 Å². The summed E-state index contributed by atoms with van der Waals surface area (Å²) in [5, 5.41) is 1.21. The summed E-state index contributed by atoms with van der Waals surface area (Å²) in [6, 6.07) is 0. The molecule has 0 aliphatic carbocycles. The lowest BCUT2D eigenvalue weighted by Gasteiger charge is -2.22. The predicted molar refractivity (Wildman–Crippen MR) is 52.6 cm³/mol. The van der Waals surface area contributed by atoms with Gasteiger partial charge in [0.05, 0.1) is 14.2 Å². The largest absolute Gasteiger partial charge is 0.301 e. The molecular formula is C7H13N3O2S. The molecule has 1 aliphatic rings. The number of thioether (sulfide) groups is 1. The molecule has 2 N–H and O–H groups in total. The van der Waals surface area contributed by atoms with Crippen molar-refractivity contribution in [1.29, 1.82) is 0 Å². The lowest BCUT2D eigenvalue weighted by Crippen LogP contribution is -2.31. The van der Waals surface area contributed by atoms with E-state index in [1.165, 1.54) is 31.2 Å². The number of rotatable bonds is 2. The summed E-state index contributed by atoms with van der Waals surface area (Å²) in [5.74, 6) is 0.578. The minimum Gasteiger partial charge on any atom is -0.301 e. The molecule has 0 aromatic carbocycles. The molecule has 0 spiro atoms. The first kappa shape index (κ1) is 10.5. The number of nitrogens with two attached hydrogens (primary N) is 1. The molecule has 1 heterocycles. The molecule has 1 atom stereocenters. The van der Waals surface area contributed by atoms with E-state index < -0.39 is 0 Å². The van der Waals surface area contributed by atoms with Gasteiger partial charge in [0.2, 0.25) is 0 Å². The number of hydrogen-bond acceptors (Lipinski definition) is 6. The van der Waals surface area contributed by atoms with E-state index >= 15 is 0 Å². The van der Waals surface area contributed by atoms with Crippen molar-refractivity contribution >= 4 is 17.6 Å². The molecule has 5 nitrogen and oxygen atoms in total. The van der Waals surface area contributed by atoms with Crippen molar-refractivity contribution in [2.45, 2.75) is 12.4 Å². The molecule has 1 aliphatic heterocycles. The van der Waals surface area contributed by atoms with Crippen molar-refractivity contribution in [1.82, 2.24) is 5.23 Å². The number of allylic oxidation sites excluding steroid dienone is 1. The third-order valence-electron chi connectivity index (χ3n) is 1.42. The Hall–Kier alpha value is -0.560. The van der Waals surface area contributed by atoms with Gasteiger partial charge >= 0.3 is 0 Å². The number of amidine groups is 1. The molecule has 13 heavy (non-hydrogen) atoms. The maximum atomic E-state index is 5.66. The Balaban J connectivity index is 2.77. The van der Waals surface area contributed by atoms with Crippen LogP contribution in [-0.4, -0.2) is 30.8 Å². The van der Waals surface area contributed by atoms with Gasteiger partial charge in [-0.15, -0.1) is 5.23 Å². The third-order valence-corrected chi connectivity index (χ3v) is 2.25. The molecule has 0 bridgehead atoms. The van der Waals surface area contributed by atoms with E-state index in [4.69, 9.17) is 15.4 Å². The maximum absolute atomic E-state index is 5.66. The molecule has 0 saturated carbocycles. The number of hydrogen-bond donors (Lipinski definition) is 1. The molecule has 0 amide bonds. The van der Waals surface area contributed by atoms with E-state index in [1.807, 2.05) is 13.0 Å². The minimum absolute atomic E-state index is 0.284. The standard InChI is InChI=1S/C7H13N3O2S/c1-5-4-6(9-7(8)13-5)10(11-2)12-3/h4,7H,8H2,1-3H3. The van der Waals surface area contributed by atoms with E-state index in [0.717, 1.165) is 4.91 Å². The average molecular weight is 203 g/mol. The number of aliphatic imine (C=N–C) groups is 1. The monoisotopic (exact) mass is 203 g/mol. The predicted octanol–water partition coefficient (Wildman–Crippen LogP) is 0.703. The lowest BCUT2D eigenvalue weighted by molar-refractivity contribution is -0.286. The van der Waals surface area contributed by atoms with Crippen molar-refractivity contribution in [3.8, 4) is 0 Å². The van der Waals surface area contributed by atoms with Gasteiger partial charge in [0.1, 0.15) is 0 Å². The highest BCUT2D eigenvalue weighted by Gasteiger charge is 2.16. The number of hydroxylamine groups is 2. The summed E-state index contributed by atoms with van der Waals surface area (Å²) >= 11 is 1.50. The normalized spacial score (nSPS) is 22.3. The van der Waals surface area contributed by atoms with Gasteiger partial charge in [-0.05, 0) is 17.9 Å². The van der Waals surface area contributed by atoms with E-state index in [0.29, 0.717) is 5.84 Å². The fourth-order valence-corrected chi connectivity index (χ4v) is 1.68. The van der Waals surface area contributed by atoms with Crippen LogP contribution in [0.2, 0.25) is 0 Å². The van der Waals surface area contributed by atoms with Gasteiger partial charge in [-0.2, -0.15) is 0 Å². The minimum atomic E-state index is -0.284. The first-order valence-electron chi connectivity index (χ1n) is 3.74. The topological polar surface area (TPSA) is 60.1 Å². The second-order valence-electron chi connectivity index (χ2n) is 2.37. The zero-order valence-electron chi connectivity index (χ0n) is 7.85. The summed E-state index contributed by atoms with van der Waals surface area (Å²) in [6.07, 6.45) is 1.85. The van der Waals surface area contributed by atoms with Crippen LogP contribution in [0.25, 0.3) is 0 Å². The quantitative estimate of drug-likeness (QED) is 0.669. The molecule has 0 aromatic heterocycles. The van der Waals surface area contributed by atoms with Crippen LogP contribution in [0.3, 0.4) is 0 Å². The molecule has 1 rings (SSSR count). The van der Waals surface area contributed by atoms with Crippen molar-refractivity contribution in [2.75, 3.05) is 14.2 Å². The van der Waals surface area contributed by atoms with Crippen molar-refractivity contribution < 1.29 is 9.68 Å². The Bertz CT molecular complexity index is 238. The Morgan fingerprint density at radius 1 is 1.54 bits per heavy atom.